The molecule has 3 aliphatic heterocycles. The molecule has 1 aromatic carbocycles. The molecular weight excluding hydrogens is 403 g/mol. The number of hydrogen-bond acceptors (Lipinski definition) is 6. The summed E-state index contributed by atoms with van der Waals surface area (Å²) in [6.07, 6.45) is 3.28. The Morgan fingerprint density at radius 2 is 1.97 bits per heavy atom. The summed E-state index contributed by atoms with van der Waals surface area (Å²) in [5.41, 5.74) is 1.15. The van der Waals surface area contributed by atoms with Gasteiger partial charge >= 0.3 is 0 Å². The second-order valence-electron chi connectivity index (χ2n) is 8.32. The first-order valence-electron chi connectivity index (χ1n) is 10.8. The molecule has 2 saturated heterocycles. The number of benzene rings is 1. The van der Waals surface area contributed by atoms with Crippen LogP contribution >= 0.6 is 11.3 Å². The quantitative estimate of drug-likeness (QED) is 0.730. The van der Waals surface area contributed by atoms with Gasteiger partial charge in [-0.05, 0) is 43.7 Å². The van der Waals surface area contributed by atoms with Crippen LogP contribution in [0.5, 0.6) is 5.75 Å². The molecule has 1 amide bonds. The maximum atomic E-state index is 13.0. The maximum absolute atomic E-state index is 13.0. The highest BCUT2D eigenvalue weighted by Crippen LogP contribution is 2.39. The number of halogens is 1. The zero-order chi connectivity index (χ0) is 20.7. The van der Waals surface area contributed by atoms with Gasteiger partial charge in [-0.25, -0.2) is 9.37 Å². The number of aromatic nitrogens is 1. The van der Waals surface area contributed by atoms with E-state index in [1.54, 1.807) is 23.5 Å². The fourth-order valence-electron chi connectivity index (χ4n) is 4.83. The molecule has 6 nitrogen and oxygen atoms in total. The monoisotopic (exact) mass is 430 g/mol. The summed E-state index contributed by atoms with van der Waals surface area (Å²) in [4.78, 5) is 25.8. The van der Waals surface area contributed by atoms with Gasteiger partial charge < -0.3 is 14.5 Å². The van der Waals surface area contributed by atoms with Crippen molar-refractivity contribution in [3.05, 3.63) is 40.7 Å². The van der Waals surface area contributed by atoms with Crippen LogP contribution in [0.3, 0.4) is 0 Å². The van der Waals surface area contributed by atoms with Crippen molar-refractivity contribution in [3.8, 4) is 5.75 Å². The number of likely N-dealkylation sites (N-methyl/N-ethyl adjacent to an activating group) is 1. The van der Waals surface area contributed by atoms with Crippen molar-refractivity contribution in [2.45, 2.75) is 44.8 Å². The first-order chi connectivity index (χ1) is 14.6. The van der Waals surface area contributed by atoms with Crippen molar-refractivity contribution in [1.82, 2.24) is 14.8 Å². The molecule has 160 valence electrons. The number of likely N-dealkylation sites (tertiary alicyclic amines) is 1. The number of rotatable bonds is 5. The smallest absolute Gasteiger partial charge is 0.260 e. The van der Waals surface area contributed by atoms with Crippen molar-refractivity contribution < 1.29 is 13.9 Å². The standard InChI is InChI=1S/C22H27FN4O2S/c1-2-25-11-16-5-6-17(12-25)27(16)22-24-19-9-10-26(13-20(19)30-22)21(28)14-29-18-7-3-15(23)4-8-18/h3-4,7-8,16-17H,2,5-6,9-14H2,1H3. The van der Waals surface area contributed by atoms with Gasteiger partial charge in [0, 0.05) is 43.0 Å². The first kappa shape index (κ1) is 19.8. The van der Waals surface area contributed by atoms with Gasteiger partial charge in [0.25, 0.3) is 5.91 Å². The molecule has 2 aromatic rings. The number of piperazine rings is 1. The minimum atomic E-state index is -0.317. The van der Waals surface area contributed by atoms with E-state index < -0.39 is 0 Å². The predicted molar refractivity (Wildman–Crippen MR) is 115 cm³/mol. The van der Waals surface area contributed by atoms with Gasteiger partial charge in [-0.2, -0.15) is 0 Å². The first-order valence-corrected chi connectivity index (χ1v) is 11.6. The molecule has 2 fully saturated rings. The van der Waals surface area contributed by atoms with E-state index in [1.165, 1.54) is 29.9 Å². The molecule has 2 atom stereocenters. The van der Waals surface area contributed by atoms with Gasteiger partial charge in [-0.15, -0.1) is 0 Å². The number of amides is 1. The van der Waals surface area contributed by atoms with Crippen molar-refractivity contribution in [2.75, 3.05) is 37.7 Å². The molecule has 3 aliphatic rings. The second kappa shape index (κ2) is 8.15. The largest absolute Gasteiger partial charge is 0.484 e. The minimum absolute atomic E-state index is 0.0320. The Kier molecular flexibility index (Phi) is 5.37. The summed E-state index contributed by atoms with van der Waals surface area (Å²) in [7, 11) is 0. The molecule has 2 unspecified atom stereocenters. The molecular formula is C22H27FN4O2S. The van der Waals surface area contributed by atoms with Gasteiger partial charge in [0.2, 0.25) is 0 Å². The molecule has 5 rings (SSSR count). The van der Waals surface area contributed by atoms with E-state index in [9.17, 15) is 9.18 Å². The van der Waals surface area contributed by atoms with Crippen molar-refractivity contribution >= 4 is 22.4 Å². The minimum Gasteiger partial charge on any atom is -0.484 e. The van der Waals surface area contributed by atoms with E-state index in [0.717, 1.165) is 36.9 Å². The van der Waals surface area contributed by atoms with E-state index in [0.29, 0.717) is 30.9 Å². The maximum Gasteiger partial charge on any atom is 0.260 e. The van der Waals surface area contributed by atoms with E-state index in [4.69, 9.17) is 9.72 Å². The van der Waals surface area contributed by atoms with Crippen LogP contribution in [0.4, 0.5) is 9.52 Å². The summed E-state index contributed by atoms with van der Waals surface area (Å²) in [5.74, 6) is 0.142. The molecule has 0 aliphatic carbocycles. The molecule has 0 spiro atoms. The van der Waals surface area contributed by atoms with E-state index in [2.05, 4.69) is 16.7 Å². The number of hydrogen-bond donors (Lipinski definition) is 0. The number of fused-ring (bicyclic) bond motifs is 3. The van der Waals surface area contributed by atoms with Crippen molar-refractivity contribution in [1.29, 1.82) is 0 Å². The summed E-state index contributed by atoms with van der Waals surface area (Å²) in [6.45, 7) is 6.84. The summed E-state index contributed by atoms with van der Waals surface area (Å²) < 4.78 is 18.5. The lowest BCUT2D eigenvalue weighted by atomic mass is 10.2. The highest BCUT2D eigenvalue weighted by atomic mass is 32.1. The highest BCUT2D eigenvalue weighted by Gasteiger charge is 2.41. The normalized spacial score (nSPS) is 23.5. The Hall–Kier alpha value is -2.19. The van der Waals surface area contributed by atoms with Crippen LogP contribution in [0, 0.1) is 5.82 Å². The SMILES string of the molecule is CCN1CC2CCC(C1)N2c1nc2c(s1)CN(C(=O)COc1ccc(F)cc1)CC2. The number of carbonyl (C=O) groups is 1. The number of ether oxygens (including phenoxy) is 1. The molecule has 0 N–H and O–H groups in total. The Balaban J connectivity index is 1.23. The fourth-order valence-corrected chi connectivity index (χ4v) is 6.10. The number of nitrogens with zero attached hydrogens (tertiary/aromatic N) is 4. The topological polar surface area (TPSA) is 48.9 Å². The van der Waals surface area contributed by atoms with Crippen LogP contribution < -0.4 is 9.64 Å². The van der Waals surface area contributed by atoms with Gasteiger partial charge in [0.05, 0.1) is 12.2 Å². The highest BCUT2D eigenvalue weighted by molar-refractivity contribution is 7.15. The van der Waals surface area contributed by atoms with E-state index in [1.807, 2.05) is 4.90 Å². The lowest BCUT2D eigenvalue weighted by molar-refractivity contribution is -0.134. The Labute approximate surface area is 180 Å². The van der Waals surface area contributed by atoms with Gasteiger partial charge in [-0.1, -0.05) is 18.3 Å². The molecule has 8 heteroatoms. The van der Waals surface area contributed by atoms with Crippen LogP contribution in [-0.2, 0) is 17.8 Å². The van der Waals surface area contributed by atoms with Crippen LogP contribution in [0.25, 0.3) is 0 Å². The lowest BCUT2D eigenvalue weighted by Gasteiger charge is -2.40. The summed E-state index contributed by atoms with van der Waals surface area (Å²) in [6, 6.07) is 6.88. The number of thiazole rings is 1. The molecule has 0 saturated carbocycles. The van der Waals surface area contributed by atoms with Gasteiger partial charge in [0.1, 0.15) is 11.6 Å². The molecule has 4 heterocycles. The van der Waals surface area contributed by atoms with Crippen LogP contribution in [-0.4, -0.2) is 65.6 Å². The third kappa shape index (κ3) is 3.78. The molecule has 30 heavy (non-hydrogen) atoms. The summed E-state index contributed by atoms with van der Waals surface area (Å²) >= 11 is 1.76. The Bertz CT molecular complexity index is 904. The molecule has 0 radical (unpaired) electrons. The average Bonchev–Trinajstić information content (AvgIpc) is 3.29. The van der Waals surface area contributed by atoms with Crippen LogP contribution in [0.15, 0.2) is 24.3 Å². The summed E-state index contributed by atoms with van der Waals surface area (Å²) in [5, 5.41) is 1.14. The van der Waals surface area contributed by atoms with Gasteiger partial charge in [-0.3, -0.25) is 9.69 Å². The average molecular weight is 431 g/mol. The third-order valence-corrected chi connectivity index (χ3v) is 7.57. The number of carbonyl (C=O) groups excluding carboxylic acids is 1. The molecule has 1 aromatic heterocycles. The second-order valence-corrected chi connectivity index (χ2v) is 9.38. The predicted octanol–water partition coefficient (Wildman–Crippen LogP) is 2.92. The zero-order valence-corrected chi connectivity index (χ0v) is 18.0. The fraction of sp³-hybridized carbons (Fsp3) is 0.545. The van der Waals surface area contributed by atoms with Crippen molar-refractivity contribution in [3.63, 3.8) is 0 Å². The van der Waals surface area contributed by atoms with Crippen molar-refractivity contribution in [2.24, 2.45) is 0 Å². The van der Waals surface area contributed by atoms with Gasteiger partial charge in [0.15, 0.2) is 11.7 Å². The van der Waals surface area contributed by atoms with Crippen LogP contribution in [0.2, 0.25) is 0 Å². The third-order valence-electron chi connectivity index (χ3n) is 6.47. The van der Waals surface area contributed by atoms with E-state index >= 15 is 0 Å². The number of anilines is 1. The molecule has 2 bridgehead atoms. The Morgan fingerprint density at radius 3 is 2.67 bits per heavy atom. The zero-order valence-electron chi connectivity index (χ0n) is 17.2. The van der Waals surface area contributed by atoms with Crippen LogP contribution in [0.1, 0.15) is 30.3 Å². The lowest BCUT2D eigenvalue weighted by Crippen LogP contribution is -2.53. The van der Waals surface area contributed by atoms with E-state index in [-0.39, 0.29) is 18.3 Å². The Morgan fingerprint density at radius 1 is 1.23 bits per heavy atom.